The molecule has 0 aliphatic rings. The summed E-state index contributed by atoms with van der Waals surface area (Å²) in [5.41, 5.74) is -0.490. The molecule has 0 bridgehead atoms. The van der Waals surface area contributed by atoms with Gasteiger partial charge < -0.3 is 14.3 Å². The van der Waals surface area contributed by atoms with Gasteiger partial charge in [0.1, 0.15) is 6.29 Å². The molecule has 0 aromatic rings. The van der Waals surface area contributed by atoms with Crippen molar-refractivity contribution in [3.63, 3.8) is 0 Å². The Bertz CT molecular complexity index is 185. The fourth-order valence-corrected chi connectivity index (χ4v) is 1.50. The number of aldehydes is 1. The normalized spacial score (nSPS) is 15.3. The predicted octanol–water partition coefficient (Wildman–Crippen LogP) is 2.39. The van der Waals surface area contributed by atoms with Crippen molar-refractivity contribution in [2.75, 3.05) is 7.11 Å². The first-order valence-corrected chi connectivity index (χ1v) is 4.99. The number of carbonyl (C=O) groups excluding carboxylic acids is 1. The maximum atomic E-state index is 10.8. The summed E-state index contributed by atoms with van der Waals surface area (Å²) in [7, 11) is 1.60. The minimum absolute atomic E-state index is 0.100. The topological polar surface area (TPSA) is 35.5 Å². The molecule has 0 aromatic carbocycles. The van der Waals surface area contributed by atoms with E-state index in [2.05, 4.69) is 0 Å². The molecular formula is C11H22O3. The van der Waals surface area contributed by atoms with E-state index in [0.29, 0.717) is 0 Å². The summed E-state index contributed by atoms with van der Waals surface area (Å²) in [5.74, 6) is -0.753. The van der Waals surface area contributed by atoms with Gasteiger partial charge in [0.05, 0.1) is 5.60 Å². The average molecular weight is 202 g/mol. The molecule has 0 spiro atoms. The Labute approximate surface area is 86.8 Å². The Kier molecular flexibility index (Phi) is 4.75. The second-order valence-corrected chi connectivity index (χ2v) is 4.46. The lowest BCUT2D eigenvalue weighted by Gasteiger charge is -2.37. The fraction of sp³-hybridized carbons (Fsp3) is 0.909. The molecule has 14 heavy (non-hydrogen) atoms. The molecule has 0 rings (SSSR count). The number of ether oxygens (including phenoxy) is 2. The first kappa shape index (κ1) is 13.6. The van der Waals surface area contributed by atoms with Gasteiger partial charge >= 0.3 is 0 Å². The molecule has 0 aliphatic carbocycles. The molecule has 0 radical (unpaired) electrons. The first-order valence-electron chi connectivity index (χ1n) is 4.99. The van der Waals surface area contributed by atoms with Crippen LogP contribution in [0.1, 0.15) is 41.0 Å². The van der Waals surface area contributed by atoms with Gasteiger partial charge in [-0.2, -0.15) is 0 Å². The third-order valence-electron chi connectivity index (χ3n) is 2.50. The van der Waals surface area contributed by atoms with Crippen LogP contribution in [-0.2, 0) is 14.3 Å². The summed E-state index contributed by atoms with van der Waals surface area (Å²) >= 11 is 0. The highest BCUT2D eigenvalue weighted by atomic mass is 16.7. The zero-order chi connectivity index (χ0) is 11.4. The van der Waals surface area contributed by atoms with Gasteiger partial charge in [0, 0.05) is 13.0 Å². The molecule has 0 heterocycles. The molecule has 0 saturated heterocycles. The van der Waals surface area contributed by atoms with Gasteiger partial charge in [-0.3, -0.25) is 0 Å². The standard InChI is InChI=1S/C11H22O3/c1-7-9(8-12)10(2,3)14-11(4,5)13-6/h8-9H,7H2,1-6H3. The third-order valence-corrected chi connectivity index (χ3v) is 2.50. The van der Waals surface area contributed by atoms with Crippen LogP contribution in [0.2, 0.25) is 0 Å². The lowest BCUT2D eigenvalue weighted by molar-refractivity contribution is -0.260. The largest absolute Gasteiger partial charge is 0.354 e. The second-order valence-electron chi connectivity index (χ2n) is 4.46. The molecule has 0 saturated carbocycles. The number of hydrogen-bond donors (Lipinski definition) is 0. The average Bonchev–Trinajstić information content (AvgIpc) is 2.04. The van der Waals surface area contributed by atoms with E-state index in [1.54, 1.807) is 7.11 Å². The van der Waals surface area contributed by atoms with Gasteiger partial charge in [-0.25, -0.2) is 0 Å². The van der Waals surface area contributed by atoms with E-state index >= 15 is 0 Å². The monoisotopic (exact) mass is 202 g/mol. The molecule has 3 heteroatoms. The van der Waals surface area contributed by atoms with Crippen molar-refractivity contribution in [3.05, 3.63) is 0 Å². The Morgan fingerprint density at radius 2 is 1.79 bits per heavy atom. The highest BCUT2D eigenvalue weighted by Crippen LogP contribution is 2.28. The minimum atomic E-state index is -0.653. The molecule has 0 amide bonds. The summed E-state index contributed by atoms with van der Waals surface area (Å²) in [6.07, 6.45) is 1.72. The van der Waals surface area contributed by atoms with E-state index in [0.717, 1.165) is 12.7 Å². The molecule has 0 aromatic heterocycles. The Hall–Kier alpha value is -0.410. The fourth-order valence-electron chi connectivity index (χ4n) is 1.50. The summed E-state index contributed by atoms with van der Waals surface area (Å²) in [6.45, 7) is 9.48. The van der Waals surface area contributed by atoms with Crippen molar-refractivity contribution in [2.24, 2.45) is 5.92 Å². The van der Waals surface area contributed by atoms with Crippen LogP contribution in [0.15, 0.2) is 0 Å². The first-order chi connectivity index (χ1) is 6.29. The molecular weight excluding hydrogens is 180 g/mol. The third kappa shape index (κ3) is 3.76. The lowest BCUT2D eigenvalue weighted by atomic mass is 9.89. The van der Waals surface area contributed by atoms with Crippen LogP contribution in [-0.4, -0.2) is 24.8 Å². The van der Waals surface area contributed by atoms with Gasteiger partial charge in [-0.15, -0.1) is 0 Å². The van der Waals surface area contributed by atoms with E-state index in [4.69, 9.17) is 9.47 Å². The van der Waals surface area contributed by atoms with Crippen LogP contribution >= 0.6 is 0 Å². The molecule has 0 aliphatic heterocycles. The molecule has 84 valence electrons. The molecule has 1 atom stereocenters. The number of methoxy groups -OCH3 is 1. The SMILES string of the molecule is CCC(C=O)C(C)(C)OC(C)(C)OC. The van der Waals surface area contributed by atoms with Crippen molar-refractivity contribution < 1.29 is 14.3 Å². The molecule has 0 N–H and O–H groups in total. The van der Waals surface area contributed by atoms with Gasteiger partial charge in [0.2, 0.25) is 0 Å². The van der Waals surface area contributed by atoms with Crippen LogP contribution in [0.3, 0.4) is 0 Å². The Morgan fingerprint density at radius 1 is 1.29 bits per heavy atom. The van der Waals surface area contributed by atoms with Gasteiger partial charge in [0.25, 0.3) is 0 Å². The van der Waals surface area contributed by atoms with Crippen LogP contribution in [0.25, 0.3) is 0 Å². The van der Waals surface area contributed by atoms with Gasteiger partial charge in [-0.1, -0.05) is 6.92 Å². The predicted molar refractivity (Wildman–Crippen MR) is 56.1 cm³/mol. The quantitative estimate of drug-likeness (QED) is 0.490. The molecule has 0 fully saturated rings. The van der Waals surface area contributed by atoms with Crippen molar-refractivity contribution in [1.82, 2.24) is 0 Å². The van der Waals surface area contributed by atoms with E-state index in [-0.39, 0.29) is 5.92 Å². The lowest BCUT2D eigenvalue weighted by Crippen LogP contribution is -2.43. The summed E-state index contributed by atoms with van der Waals surface area (Å²) in [4.78, 5) is 10.8. The van der Waals surface area contributed by atoms with E-state index in [1.165, 1.54) is 0 Å². The van der Waals surface area contributed by atoms with Gasteiger partial charge in [-0.05, 0) is 34.1 Å². The van der Waals surface area contributed by atoms with E-state index < -0.39 is 11.4 Å². The molecule has 3 nitrogen and oxygen atoms in total. The summed E-state index contributed by atoms with van der Waals surface area (Å²) in [6, 6.07) is 0. The van der Waals surface area contributed by atoms with Crippen molar-refractivity contribution in [3.8, 4) is 0 Å². The van der Waals surface area contributed by atoms with Crippen molar-refractivity contribution >= 4 is 6.29 Å². The minimum Gasteiger partial charge on any atom is -0.354 e. The maximum absolute atomic E-state index is 10.8. The van der Waals surface area contributed by atoms with E-state index in [1.807, 2.05) is 34.6 Å². The molecule has 1 unspecified atom stereocenters. The van der Waals surface area contributed by atoms with Crippen LogP contribution in [0, 0.1) is 5.92 Å². The number of carbonyl (C=O) groups is 1. The van der Waals surface area contributed by atoms with Crippen molar-refractivity contribution in [1.29, 1.82) is 0 Å². The highest BCUT2D eigenvalue weighted by Gasteiger charge is 2.35. The van der Waals surface area contributed by atoms with Crippen LogP contribution < -0.4 is 0 Å². The number of hydrogen-bond acceptors (Lipinski definition) is 3. The maximum Gasteiger partial charge on any atom is 0.163 e. The smallest absolute Gasteiger partial charge is 0.163 e. The number of rotatable bonds is 6. The van der Waals surface area contributed by atoms with Crippen LogP contribution in [0.5, 0.6) is 0 Å². The Morgan fingerprint density at radius 3 is 2.07 bits per heavy atom. The summed E-state index contributed by atoms with van der Waals surface area (Å²) in [5, 5.41) is 0. The highest BCUT2D eigenvalue weighted by molar-refractivity contribution is 5.55. The summed E-state index contributed by atoms with van der Waals surface area (Å²) < 4.78 is 10.9. The van der Waals surface area contributed by atoms with E-state index in [9.17, 15) is 4.79 Å². The van der Waals surface area contributed by atoms with Gasteiger partial charge in [0.15, 0.2) is 5.79 Å². The zero-order valence-corrected chi connectivity index (χ0v) is 10.1. The van der Waals surface area contributed by atoms with Crippen molar-refractivity contribution in [2.45, 2.75) is 52.4 Å². The van der Waals surface area contributed by atoms with Crippen LogP contribution in [0.4, 0.5) is 0 Å². The second kappa shape index (κ2) is 4.89. The Balaban J connectivity index is 4.53. The zero-order valence-electron chi connectivity index (χ0n) is 10.1.